The van der Waals surface area contributed by atoms with Gasteiger partial charge in [0.05, 0.1) is 5.39 Å². The predicted molar refractivity (Wildman–Crippen MR) is 106 cm³/mol. The molecule has 5 nitrogen and oxygen atoms in total. The number of carbonyl (C=O) groups excluding carboxylic acids is 1. The van der Waals surface area contributed by atoms with Gasteiger partial charge < -0.3 is 14.2 Å². The number of amides is 1. The van der Waals surface area contributed by atoms with Crippen LogP contribution in [0, 0.1) is 0 Å². The summed E-state index contributed by atoms with van der Waals surface area (Å²) in [7, 11) is 0. The molecule has 5 heteroatoms. The van der Waals surface area contributed by atoms with Crippen molar-refractivity contribution in [3.05, 3.63) is 70.6 Å². The minimum absolute atomic E-state index is 0.0282. The molecule has 1 amide bonds. The number of pyridine rings is 1. The first-order chi connectivity index (χ1) is 13.2. The SMILES string of the molecule is CCCn1ccc2c(OCC(=O)N3CCc4ccccc43)cccc2c1=O. The standard InChI is InChI=1S/C22H22N2O3/c1-2-12-23-13-11-17-18(22(23)26)7-5-9-20(17)27-15-21(25)24-14-10-16-6-3-4-8-19(16)24/h3-9,11,13H,2,10,12,14-15H2,1H3. The summed E-state index contributed by atoms with van der Waals surface area (Å²) in [5.74, 6) is 0.491. The molecule has 0 unspecified atom stereocenters. The van der Waals surface area contributed by atoms with E-state index in [0.717, 1.165) is 23.9 Å². The van der Waals surface area contributed by atoms with Gasteiger partial charge in [0.2, 0.25) is 0 Å². The van der Waals surface area contributed by atoms with Gasteiger partial charge in [-0.05, 0) is 42.7 Å². The zero-order valence-electron chi connectivity index (χ0n) is 15.4. The van der Waals surface area contributed by atoms with E-state index in [2.05, 4.69) is 6.07 Å². The monoisotopic (exact) mass is 362 g/mol. The molecule has 1 aliphatic heterocycles. The van der Waals surface area contributed by atoms with Gasteiger partial charge in [0, 0.05) is 30.4 Å². The summed E-state index contributed by atoms with van der Waals surface area (Å²) < 4.78 is 7.53. The molecule has 0 aliphatic carbocycles. The van der Waals surface area contributed by atoms with Crippen molar-refractivity contribution in [3.63, 3.8) is 0 Å². The fourth-order valence-electron chi connectivity index (χ4n) is 3.65. The lowest BCUT2D eigenvalue weighted by molar-refractivity contribution is -0.120. The second-order valence-electron chi connectivity index (χ2n) is 6.74. The first kappa shape index (κ1) is 17.3. The van der Waals surface area contributed by atoms with Crippen LogP contribution in [0.4, 0.5) is 5.69 Å². The highest BCUT2D eigenvalue weighted by atomic mass is 16.5. The summed E-state index contributed by atoms with van der Waals surface area (Å²) in [6.45, 7) is 3.36. The van der Waals surface area contributed by atoms with Crippen LogP contribution in [-0.2, 0) is 17.8 Å². The van der Waals surface area contributed by atoms with Crippen LogP contribution < -0.4 is 15.2 Å². The fourth-order valence-corrected chi connectivity index (χ4v) is 3.65. The van der Waals surface area contributed by atoms with Crippen LogP contribution in [0.5, 0.6) is 5.75 Å². The van der Waals surface area contributed by atoms with Crippen molar-refractivity contribution in [2.45, 2.75) is 26.3 Å². The van der Waals surface area contributed by atoms with Crippen LogP contribution in [0.25, 0.3) is 10.8 Å². The molecule has 27 heavy (non-hydrogen) atoms. The molecule has 0 fully saturated rings. The first-order valence-corrected chi connectivity index (χ1v) is 9.32. The van der Waals surface area contributed by atoms with Crippen LogP contribution in [-0.4, -0.2) is 23.6 Å². The van der Waals surface area contributed by atoms with Crippen LogP contribution >= 0.6 is 0 Å². The summed E-state index contributed by atoms with van der Waals surface area (Å²) >= 11 is 0. The third kappa shape index (κ3) is 3.21. The van der Waals surface area contributed by atoms with E-state index in [0.29, 0.717) is 24.2 Å². The quantitative estimate of drug-likeness (QED) is 0.699. The Hall–Kier alpha value is -3.08. The Bertz CT molecular complexity index is 1050. The second kappa shape index (κ2) is 7.27. The molecule has 3 aromatic rings. The van der Waals surface area contributed by atoms with Gasteiger partial charge in [-0.1, -0.05) is 31.2 Å². The molecule has 1 aliphatic rings. The van der Waals surface area contributed by atoms with E-state index in [1.807, 2.05) is 31.2 Å². The Morgan fingerprint density at radius 2 is 1.93 bits per heavy atom. The van der Waals surface area contributed by atoms with Crippen molar-refractivity contribution >= 4 is 22.4 Å². The number of anilines is 1. The lowest BCUT2D eigenvalue weighted by atomic mass is 10.1. The van der Waals surface area contributed by atoms with E-state index in [9.17, 15) is 9.59 Å². The van der Waals surface area contributed by atoms with Crippen molar-refractivity contribution in [3.8, 4) is 5.75 Å². The number of rotatable bonds is 5. The van der Waals surface area contributed by atoms with Gasteiger partial charge in [0.25, 0.3) is 11.5 Å². The minimum atomic E-state index is -0.0729. The number of aromatic nitrogens is 1. The van der Waals surface area contributed by atoms with Gasteiger partial charge in [-0.15, -0.1) is 0 Å². The molecule has 0 saturated heterocycles. The Kier molecular flexibility index (Phi) is 4.67. The number of benzene rings is 2. The van der Waals surface area contributed by atoms with Crippen molar-refractivity contribution in [1.82, 2.24) is 4.57 Å². The number of nitrogens with zero attached hydrogens (tertiary/aromatic N) is 2. The van der Waals surface area contributed by atoms with E-state index >= 15 is 0 Å². The fraction of sp³-hybridized carbons (Fsp3) is 0.273. The minimum Gasteiger partial charge on any atom is -0.483 e. The molecule has 0 bridgehead atoms. The van der Waals surface area contributed by atoms with Crippen LogP contribution in [0.2, 0.25) is 0 Å². The van der Waals surface area contributed by atoms with E-state index in [4.69, 9.17) is 4.74 Å². The molecule has 0 radical (unpaired) electrons. The number of aryl methyl sites for hydroxylation is 1. The number of fused-ring (bicyclic) bond motifs is 2. The lowest BCUT2D eigenvalue weighted by Gasteiger charge is -2.18. The molecular weight excluding hydrogens is 340 g/mol. The highest BCUT2D eigenvalue weighted by Gasteiger charge is 2.24. The van der Waals surface area contributed by atoms with E-state index in [1.165, 1.54) is 5.56 Å². The number of hydrogen-bond acceptors (Lipinski definition) is 3. The van der Waals surface area contributed by atoms with Crippen molar-refractivity contribution in [2.75, 3.05) is 18.1 Å². The Balaban J connectivity index is 1.55. The maximum atomic E-state index is 12.7. The average Bonchev–Trinajstić information content (AvgIpc) is 3.13. The van der Waals surface area contributed by atoms with Crippen LogP contribution in [0.3, 0.4) is 0 Å². The molecule has 0 spiro atoms. The molecule has 138 valence electrons. The molecule has 0 N–H and O–H groups in total. The molecule has 0 atom stereocenters. The Labute approximate surface area is 157 Å². The maximum absolute atomic E-state index is 12.7. The summed E-state index contributed by atoms with van der Waals surface area (Å²) in [4.78, 5) is 27.0. The normalized spacial score (nSPS) is 13.0. The number of para-hydroxylation sites is 1. The van der Waals surface area contributed by atoms with Crippen LogP contribution in [0.15, 0.2) is 59.5 Å². The summed E-state index contributed by atoms with van der Waals surface area (Å²) in [5.41, 5.74) is 2.12. The maximum Gasteiger partial charge on any atom is 0.264 e. The molecule has 1 aromatic heterocycles. The summed E-state index contributed by atoms with van der Waals surface area (Å²) in [6, 6.07) is 15.2. The van der Waals surface area contributed by atoms with Gasteiger partial charge in [-0.25, -0.2) is 0 Å². The predicted octanol–water partition coefficient (Wildman–Crippen LogP) is 3.38. The van der Waals surface area contributed by atoms with Crippen molar-refractivity contribution in [2.24, 2.45) is 0 Å². The van der Waals surface area contributed by atoms with Gasteiger partial charge in [0.1, 0.15) is 5.75 Å². The molecule has 2 aromatic carbocycles. The topological polar surface area (TPSA) is 51.5 Å². The summed E-state index contributed by atoms with van der Waals surface area (Å²) in [5, 5.41) is 1.35. The number of hydrogen-bond donors (Lipinski definition) is 0. The van der Waals surface area contributed by atoms with Crippen molar-refractivity contribution in [1.29, 1.82) is 0 Å². The largest absolute Gasteiger partial charge is 0.483 e. The molecule has 2 heterocycles. The van der Waals surface area contributed by atoms with Crippen molar-refractivity contribution < 1.29 is 9.53 Å². The molecule has 0 saturated carbocycles. The van der Waals surface area contributed by atoms with Gasteiger partial charge in [-0.2, -0.15) is 0 Å². The third-order valence-corrected chi connectivity index (χ3v) is 4.98. The Morgan fingerprint density at radius 1 is 1.07 bits per heavy atom. The third-order valence-electron chi connectivity index (χ3n) is 4.98. The van der Waals surface area contributed by atoms with E-state index in [1.54, 1.807) is 33.9 Å². The number of ether oxygens (including phenoxy) is 1. The second-order valence-corrected chi connectivity index (χ2v) is 6.74. The Morgan fingerprint density at radius 3 is 2.78 bits per heavy atom. The first-order valence-electron chi connectivity index (χ1n) is 9.32. The highest BCUT2D eigenvalue weighted by Crippen LogP contribution is 2.28. The zero-order chi connectivity index (χ0) is 18.8. The van der Waals surface area contributed by atoms with Gasteiger partial charge in [-0.3, -0.25) is 9.59 Å². The smallest absolute Gasteiger partial charge is 0.264 e. The van der Waals surface area contributed by atoms with Gasteiger partial charge in [0.15, 0.2) is 6.61 Å². The molecular formula is C22H22N2O3. The highest BCUT2D eigenvalue weighted by molar-refractivity contribution is 5.97. The van der Waals surface area contributed by atoms with E-state index < -0.39 is 0 Å². The van der Waals surface area contributed by atoms with Crippen LogP contribution in [0.1, 0.15) is 18.9 Å². The lowest BCUT2D eigenvalue weighted by Crippen LogP contribution is -2.33. The number of carbonyl (C=O) groups is 1. The molecule has 4 rings (SSSR count). The summed E-state index contributed by atoms with van der Waals surface area (Å²) in [6.07, 6.45) is 3.56. The van der Waals surface area contributed by atoms with Gasteiger partial charge >= 0.3 is 0 Å². The van der Waals surface area contributed by atoms with E-state index in [-0.39, 0.29) is 18.1 Å². The average molecular weight is 362 g/mol. The zero-order valence-corrected chi connectivity index (χ0v) is 15.4.